The molecule has 0 heterocycles. The molecule has 1 atom stereocenters. The van der Waals surface area contributed by atoms with Crippen molar-refractivity contribution in [3.05, 3.63) is 80.9 Å². The van der Waals surface area contributed by atoms with E-state index in [9.17, 15) is 0 Å². The maximum atomic E-state index is 6.77. The van der Waals surface area contributed by atoms with Gasteiger partial charge in [0.15, 0.2) is 0 Å². The van der Waals surface area contributed by atoms with Crippen molar-refractivity contribution in [1.82, 2.24) is 0 Å². The Morgan fingerprint density at radius 3 is 2.35 bits per heavy atom. The molecule has 0 aromatic heterocycles. The molecule has 0 aliphatic rings. The summed E-state index contributed by atoms with van der Waals surface area (Å²) in [5, 5.41) is 2.37. The van der Waals surface area contributed by atoms with Gasteiger partial charge in [0.1, 0.15) is 0 Å². The van der Waals surface area contributed by atoms with Crippen LogP contribution in [0.5, 0.6) is 0 Å². The first-order valence-corrected chi connectivity index (χ1v) is 8.06. The number of fused-ring (bicyclic) bond motifs is 1. The van der Waals surface area contributed by atoms with Crippen LogP contribution in [0, 0.1) is 10.5 Å². The summed E-state index contributed by atoms with van der Waals surface area (Å²) in [7, 11) is 0. The lowest BCUT2D eigenvalue weighted by Crippen LogP contribution is -1.98. The third kappa shape index (κ3) is 2.57. The lowest BCUT2D eigenvalue weighted by atomic mass is 9.94. The summed E-state index contributed by atoms with van der Waals surface area (Å²) in [6.07, 6.45) is 0. The molecule has 0 saturated carbocycles. The minimum atomic E-state index is -0.113. The van der Waals surface area contributed by atoms with E-state index in [1.165, 1.54) is 25.5 Å². The Bertz CT molecular complexity index is 747. The largest absolute Gasteiger partial charge is 0.113 e. The van der Waals surface area contributed by atoms with Gasteiger partial charge in [0.25, 0.3) is 0 Å². The number of rotatable bonds is 2. The van der Waals surface area contributed by atoms with E-state index in [4.69, 9.17) is 11.6 Å². The molecule has 20 heavy (non-hydrogen) atoms. The van der Waals surface area contributed by atoms with Gasteiger partial charge in [-0.3, -0.25) is 0 Å². The van der Waals surface area contributed by atoms with E-state index in [-0.39, 0.29) is 5.38 Å². The number of alkyl halides is 1. The van der Waals surface area contributed by atoms with Crippen LogP contribution in [-0.2, 0) is 0 Å². The summed E-state index contributed by atoms with van der Waals surface area (Å²) in [6, 6.07) is 21.2. The molecule has 3 aromatic rings. The molecule has 0 N–H and O–H groups in total. The summed E-state index contributed by atoms with van der Waals surface area (Å²) >= 11 is 9.08. The Kier molecular flexibility index (Phi) is 3.99. The van der Waals surface area contributed by atoms with Crippen molar-refractivity contribution in [2.75, 3.05) is 0 Å². The van der Waals surface area contributed by atoms with Gasteiger partial charge in [-0.05, 0) is 69.1 Å². The molecule has 3 rings (SSSR count). The van der Waals surface area contributed by atoms with Crippen molar-refractivity contribution in [3.63, 3.8) is 0 Å². The molecular formula is C18H14ClI. The third-order valence-corrected chi connectivity index (χ3v) is 4.79. The lowest BCUT2D eigenvalue weighted by molar-refractivity contribution is 1.13. The van der Waals surface area contributed by atoms with Crippen molar-refractivity contribution in [2.45, 2.75) is 12.3 Å². The summed E-state index contributed by atoms with van der Waals surface area (Å²) in [6.45, 7) is 2.13. The van der Waals surface area contributed by atoms with Crippen molar-refractivity contribution < 1.29 is 0 Å². The molecule has 0 radical (unpaired) electrons. The number of hydrogen-bond acceptors (Lipinski definition) is 0. The molecule has 100 valence electrons. The molecule has 0 amide bonds. The van der Waals surface area contributed by atoms with Crippen molar-refractivity contribution in [1.29, 1.82) is 0 Å². The number of hydrogen-bond donors (Lipinski definition) is 0. The second kappa shape index (κ2) is 5.74. The maximum absolute atomic E-state index is 6.77. The van der Waals surface area contributed by atoms with Crippen LogP contribution in [-0.4, -0.2) is 0 Å². The van der Waals surface area contributed by atoms with E-state index in [1.54, 1.807) is 0 Å². The van der Waals surface area contributed by atoms with E-state index in [1.807, 2.05) is 0 Å². The van der Waals surface area contributed by atoms with Crippen LogP contribution in [0.1, 0.15) is 22.1 Å². The molecular weight excluding hydrogens is 379 g/mol. The SMILES string of the molecule is Cc1ccc2ccccc2c1C(Cl)c1ccc(I)cc1. The maximum Gasteiger partial charge on any atom is 0.0844 e. The van der Waals surface area contributed by atoms with Crippen LogP contribution in [0.25, 0.3) is 10.8 Å². The Balaban J connectivity index is 2.18. The van der Waals surface area contributed by atoms with Crippen LogP contribution in [0.15, 0.2) is 60.7 Å². The summed E-state index contributed by atoms with van der Waals surface area (Å²) < 4.78 is 1.23. The third-order valence-electron chi connectivity index (χ3n) is 3.60. The highest BCUT2D eigenvalue weighted by Gasteiger charge is 2.16. The van der Waals surface area contributed by atoms with Gasteiger partial charge in [-0.25, -0.2) is 0 Å². The summed E-state index contributed by atoms with van der Waals surface area (Å²) in [5.41, 5.74) is 3.60. The predicted molar refractivity (Wildman–Crippen MR) is 95.5 cm³/mol. The van der Waals surface area contributed by atoms with Crippen molar-refractivity contribution in [3.8, 4) is 0 Å². The Morgan fingerprint density at radius 2 is 1.60 bits per heavy atom. The normalized spacial score (nSPS) is 12.6. The molecule has 0 bridgehead atoms. The van der Waals surface area contributed by atoms with E-state index < -0.39 is 0 Å². The Labute approximate surface area is 137 Å². The van der Waals surface area contributed by atoms with Gasteiger partial charge in [0.05, 0.1) is 5.38 Å². The first kappa shape index (κ1) is 13.9. The number of benzene rings is 3. The van der Waals surface area contributed by atoms with Gasteiger partial charge in [0.2, 0.25) is 0 Å². The van der Waals surface area contributed by atoms with E-state index in [0.29, 0.717) is 0 Å². The molecule has 0 spiro atoms. The fourth-order valence-corrected chi connectivity index (χ4v) is 3.33. The topological polar surface area (TPSA) is 0 Å². The minimum absolute atomic E-state index is 0.113. The van der Waals surface area contributed by atoms with Gasteiger partial charge >= 0.3 is 0 Å². The quantitative estimate of drug-likeness (QED) is 0.366. The molecule has 0 aliphatic heterocycles. The van der Waals surface area contributed by atoms with Gasteiger partial charge in [0, 0.05) is 3.57 Å². The minimum Gasteiger partial charge on any atom is -0.113 e. The van der Waals surface area contributed by atoms with E-state index in [2.05, 4.69) is 90.2 Å². The highest BCUT2D eigenvalue weighted by atomic mass is 127. The molecule has 1 unspecified atom stereocenters. The second-order valence-electron chi connectivity index (χ2n) is 4.93. The van der Waals surface area contributed by atoms with Gasteiger partial charge < -0.3 is 0 Å². The van der Waals surface area contributed by atoms with Crippen LogP contribution >= 0.6 is 34.2 Å². The molecule has 2 heteroatoms. The van der Waals surface area contributed by atoms with Gasteiger partial charge in [-0.15, -0.1) is 11.6 Å². The van der Waals surface area contributed by atoms with Crippen molar-refractivity contribution in [2.24, 2.45) is 0 Å². The fourth-order valence-electron chi connectivity index (χ4n) is 2.54. The lowest BCUT2D eigenvalue weighted by Gasteiger charge is -2.16. The standard InChI is InChI=1S/C18H14ClI/c1-12-6-7-13-4-2-3-5-16(13)17(12)18(19)14-8-10-15(20)11-9-14/h2-11,18H,1H3. The smallest absolute Gasteiger partial charge is 0.0844 e. The van der Waals surface area contributed by atoms with E-state index in [0.717, 1.165) is 5.56 Å². The Hall–Kier alpha value is -1.06. The summed E-state index contributed by atoms with van der Waals surface area (Å²) in [4.78, 5) is 0. The summed E-state index contributed by atoms with van der Waals surface area (Å²) in [5.74, 6) is 0. The zero-order valence-electron chi connectivity index (χ0n) is 11.1. The van der Waals surface area contributed by atoms with Crippen LogP contribution < -0.4 is 0 Å². The zero-order chi connectivity index (χ0) is 14.1. The first-order valence-electron chi connectivity index (χ1n) is 6.54. The van der Waals surface area contributed by atoms with Crippen LogP contribution in [0.3, 0.4) is 0 Å². The average molecular weight is 393 g/mol. The van der Waals surface area contributed by atoms with Crippen LogP contribution in [0.4, 0.5) is 0 Å². The van der Waals surface area contributed by atoms with Gasteiger partial charge in [-0.1, -0.05) is 48.5 Å². The Morgan fingerprint density at radius 1 is 0.900 bits per heavy atom. The second-order valence-corrected chi connectivity index (χ2v) is 6.61. The predicted octanol–water partition coefficient (Wildman–Crippen LogP) is 6.08. The molecule has 0 aliphatic carbocycles. The van der Waals surface area contributed by atoms with Crippen LogP contribution in [0.2, 0.25) is 0 Å². The number of halogens is 2. The zero-order valence-corrected chi connectivity index (χ0v) is 14.0. The molecule has 0 nitrogen and oxygen atoms in total. The molecule has 0 saturated heterocycles. The molecule has 3 aromatic carbocycles. The van der Waals surface area contributed by atoms with Crippen molar-refractivity contribution >= 4 is 45.0 Å². The highest BCUT2D eigenvalue weighted by Crippen LogP contribution is 2.36. The number of aryl methyl sites for hydroxylation is 1. The highest BCUT2D eigenvalue weighted by molar-refractivity contribution is 14.1. The fraction of sp³-hybridized carbons (Fsp3) is 0.111. The van der Waals surface area contributed by atoms with E-state index >= 15 is 0 Å². The first-order chi connectivity index (χ1) is 9.66. The monoisotopic (exact) mass is 392 g/mol. The molecule has 0 fully saturated rings. The average Bonchev–Trinajstić information content (AvgIpc) is 2.47. The van der Waals surface area contributed by atoms with Gasteiger partial charge in [-0.2, -0.15) is 0 Å².